The lowest BCUT2D eigenvalue weighted by molar-refractivity contribution is -0.122. The molecule has 1 rings (SSSR count). The Bertz CT molecular complexity index is 205. The van der Waals surface area contributed by atoms with Crippen LogP contribution in [0.4, 0.5) is 0 Å². The fourth-order valence-electron chi connectivity index (χ4n) is 1.93. The summed E-state index contributed by atoms with van der Waals surface area (Å²) in [6.45, 7) is 6.05. The minimum atomic E-state index is -0.244. The molecule has 4 heteroatoms. The first-order chi connectivity index (χ1) is 7.15. The van der Waals surface area contributed by atoms with Crippen LogP contribution < -0.4 is 5.32 Å². The average molecular weight is 214 g/mol. The lowest BCUT2D eigenvalue weighted by Gasteiger charge is -2.18. The van der Waals surface area contributed by atoms with Crippen molar-refractivity contribution in [1.82, 2.24) is 10.2 Å². The van der Waals surface area contributed by atoms with Crippen molar-refractivity contribution in [1.29, 1.82) is 0 Å². The molecule has 1 saturated heterocycles. The van der Waals surface area contributed by atoms with Crippen LogP contribution in [0.5, 0.6) is 0 Å². The van der Waals surface area contributed by atoms with Gasteiger partial charge in [0.15, 0.2) is 0 Å². The molecular formula is C11H22N2O2. The van der Waals surface area contributed by atoms with Crippen molar-refractivity contribution in [2.75, 3.05) is 19.6 Å². The molecular weight excluding hydrogens is 192 g/mol. The Morgan fingerprint density at radius 1 is 1.53 bits per heavy atom. The van der Waals surface area contributed by atoms with Crippen LogP contribution in [-0.4, -0.2) is 47.7 Å². The van der Waals surface area contributed by atoms with E-state index in [4.69, 9.17) is 0 Å². The molecule has 0 radical (unpaired) electrons. The molecule has 15 heavy (non-hydrogen) atoms. The number of aliphatic hydroxyl groups is 1. The predicted molar refractivity (Wildman–Crippen MR) is 59.6 cm³/mol. The van der Waals surface area contributed by atoms with E-state index in [1.165, 1.54) is 0 Å². The Balaban J connectivity index is 2.23. The summed E-state index contributed by atoms with van der Waals surface area (Å²) in [7, 11) is 0. The van der Waals surface area contributed by atoms with Crippen LogP contribution in [0.25, 0.3) is 0 Å². The molecule has 4 nitrogen and oxygen atoms in total. The normalized spacial score (nSPS) is 22.3. The van der Waals surface area contributed by atoms with Gasteiger partial charge >= 0.3 is 0 Å². The van der Waals surface area contributed by atoms with Crippen LogP contribution in [0.2, 0.25) is 0 Å². The first kappa shape index (κ1) is 12.5. The zero-order valence-corrected chi connectivity index (χ0v) is 9.70. The van der Waals surface area contributed by atoms with Gasteiger partial charge in [-0.25, -0.2) is 0 Å². The monoisotopic (exact) mass is 214 g/mol. The minimum absolute atomic E-state index is 0.0813. The number of hydrogen-bond donors (Lipinski definition) is 2. The number of carbonyl (C=O) groups excluding carboxylic acids is 1. The zero-order valence-electron chi connectivity index (χ0n) is 9.70. The fourth-order valence-corrected chi connectivity index (χ4v) is 1.93. The number of aliphatic hydroxyl groups excluding tert-OH is 1. The van der Waals surface area contributed by atoms with E-state index in [9.17, 15) is 9.90 Å². The number of nitrogens with one attached hydrogen (secondary N) is 1. The fraction of sp³-hybridized carbons (Fsp3) is 0.909. The van der Waals surface area contributed by atoms with Crippen LogP contribution in [0.15, 0.2) is 0 Å². The largest absolute Gasteiger partial charge is 0.392 e. The zero-order chi connectivity index (χ0) is 11.3. The van der Waals surface area contributed by atoms with Crippen molar-refractivity contribution in [3.05, 3.63) is 0 Å². The van der Waals surface area contributed by atoms with Crippen LogP contribution >= 0.6 is 0 Å². The third kappa shape index (κ3) is 4.18. The van der Waals surface area contributed by atoms with Crippen molar-refractivity contribution >= 4 is 5.91 Å². The van der Waals surface area contributed by atoms with Gasteiger partial charge in [0.1, 0.15) is 0 Å². The van der Waals surface area contributed by atoms with Crippen molar-refractivity contribution in [3.8, 4) is 0 Å². The molecule has 1 unspecified atom stereocenters. The lowest BCUT2D eigenvalue weighted by Crippen LogP contribution is -2.41. The smallest absolute Gasteiger partial charge is 0.234 e. The molecule has 0 aromatic carbocycles. The molecule has 1 amide bonds. The molecule has 2 N–H and O–H groups in total. The van der Waals surface area contributed by atoms with Gasteiger partial charge in [-0.15, -0.1) is 0 Å². The van der Waals surface area contributed by atoms with Gasteiger partial charge in [-0.3, -0.25) is 9.69 Å². The standard InChI is InChI=1S/C11H22N2O2/c1-3-9(4-2)12-11(15)8-13-6-5-10(14)7-13/h9-10,14H,3-8H2,1-2H3,(H,12,15). The van der Waals surface area contributed by atoms with Crippen molar-refractivity contribution in [2.45, 2.75) is 45.3 Å². The number of β-amino-alcohol motifs (C(OH)–C–C–N with tert-alkyl or cyclic N) is 1. The summed E-state index contributed by atoms with van der Waals surface area (Å²) >= 11 is 0. The Morgan fingerprint density at radius 3 is 2.67 bits per heavy atom. The Kier molecular flexibility index (Phi) is 5.05. The van der Waals surface area contributed by atoms with Crippen molar-refractivity contribution < 1.29 is 9.90 Å². The topological polar surface area (TPSA) is 52.6 Å². The quantitative estimate of drug-likeness (QED) is 0.694. The number of rotatable bonds is 5. The first-order valence-corrected chi connectivity index (χ1v) is 5.85. The van der Waals surface area contributed by atoms with Crippen molar-refractivity contribution in [3.63, 3.8) is 0 Å². The van der Waals surface area contributed by atoms with Crippen LogP contribution in [0.3, 0.4) is 0 Å². The highest BCUT2D eigenvalue weighted by Gasteiger charge is 2.22. The predicted octanol–water partition coefficient (Wildman–Crippen LogP) is 0.358. The van der Waals surface area contributed by atoms with Gasteiger partial charge in [-0.2, -0.15) is 0 Å². The summed E-state index contributed by atoms with van der Waals surface area (Å²) in [6.07, 6.45) is 2.50. The maximum Gasteiger partial charge on any atom is 0.234 e. The molecule has 0 saturated carbocycles. The molecule has 0 bridgehead atoms. The van der Waals surface area contributed by atoms with Gasteiger partial charge in [0.25, 0.3) is 0 Å². The van der Waals surface area contributed by atoms with Crippen LogP contribution in [-0.2, 0) is 4.79 Å². The molecule has 1 aliphatic rings. The highest BCUT2D eigenvalue weighted by Crippen LogP contribution is 2.07. The molecule has 0 spiro atoms. The second kappa shape index (κ2) is 6.08. The van der Waals surface area contributed by atoms with E-state index in [-0.39, 0.29) is 12.0 Å². The maximum atomic E-state index is 11.6. The van der Waals surface area contributed by atoms with E-state index < -0.39 is 0 Å². The molecule has 0 aliphatic carbocycles. The summed E-state index contributed by atoms with van der Waals surface area (Å²) in [5.41, 5.74) is 0. The highest BCUT2D eigenvalue weighted by atomic mass is 16.3. The van der Waals surface area contributed by atoms with Gasteiger partial charge in [-0.1, -0.05) is 13.8 Å². The molecule has 1 atom stereocenters. The summed E-state index contributed by atoms with van der Waals surface area (Å²) < 4.78 is 0. The molecule has 1 heterocycles. The van der Waals surface area contributed by atoms with Crippen LogP contribution in [0, 0.1) is 0 Å². The Hall–Kier alpha value is -0.610. The Morgan fingerprint density at radius 2 is 2.20 bits per heavy atom. The maximum absolute atomic E-state index is 11.6. The molecule has 1 aliphatic heterocycles. The molecule has 88 valence electrons. The average Bonchev–Trinajstić information content (AvgIpc) is 2.60. The second-order valence-electron chi connectivity index (χ2n) is 4.26. The summed E-state index contributed by atoms with van der Waals surface area (Å²) in [5, 5.41) is 12.3. The summed E-state index contributed by atoms with van der Waals surface area (Å²) in [5.74, 6) is 0.0813. The van der Waals surface area contributed by atoms with Gasteiger partial charge in [0.2, 0.25) is 5.91 Å². The van der Waals surface area contributed by atoms with Crippen molar-refractivity contribution in [2.24, 2.45) is 0 Å². The van der Waals surface area contributed by atoms with E-state index in [0.717, 1.165) is 25.8 Å². The summed E-state index contributed by atoms with van der Waals surface area (Å²) in [6, 6.07) is 0.296. The first-order valence-electron chi connectivity index (χ1n) is 5.85. The van der Waals surface area contributed by atoms with E-state index in [0.29, 0.717) is 19.1 Å². The molecule has 0 aromatic rings. The number of nitrogens with zero attached hydrogens (tertiary/aromatic N) is 1. The second-order valence-corrected chi connectivity index (χ2v) is 4.26. The van der Waals surface area contributed by atoms with E-state index in [1.54, 1.807) is 0 Å². The number of hydrogen-bond acceptors (Lipinski definition) is 3. The highest BCUT2D eigenvalue weighted by molar-refractivity contribution is 5.78. The Labute approximate surface area is 91.6 Å². The van der Waals surface area contributed by atoms with E-state index >= 15 is 0 Å². The summed E-state index contributed by atoms with van der Waals surface area (Å²) in [4.78, 5) is 13.6. The number of likely N-dealkylation sites (tertiary alicyclic amines) is 1. The van der Waals surface area contributed by atoms with Crippen LogP contribution in [0.1, 0.15) is 33.1 Å². The third-order valence-corrected chi connectivity index (χ3v) is 2.97. The number of amides is 1. The SMILES string of the molecule is CCC(CC)NC(=O)CN1CCC(O)C1. The lowest BCUT2D eigenvalue weighted by atomic mass is 10.2. The van der Waals surface area contributed by atoms with E-state index in [1.807, 2.05) is 4.90 Å². The van der Waals surface area contributed by atoms with Gasteiger partial charge in [0.05, 0.1) is 12.6 Å². The van der Waals surface area contributed by atoms with Gasteiger partial charge in [-0.05, 0) is 19.3 Å². The minimum Gasteiger partial charge on any atom is -0.392 e. The third-order valence-electron chi connectivity index (χ3n) is 2.97. The van der Waals surface area contributed by atoms with Gasteiger partial charge < -0.3 is 10.4 Å². The number of carbonyl (C=O) groups is 1. The van der Waals surface area contributed by atoms with Gasteiger partial charge in [0, 0.05) is 19.1 Å². The molecule has 1 fully saturated rings. The van der Waals surface area contributed by atoms with E-state index in [2.05, 4.69) is 19.2 Å². The molecule has 0 aromatic heterocycles.